The number of halogens is 1. The molecule has 0 saturated carbocycles. The van der Waals surface area contributed by atoms with Crippen molar-refractivity contribution in [3.05, 3.63) is 65.5 Å². The minimum Gasteiger partial charge on any atom is -0.325 e. The van der Waals surface area contributed by atoms with Gasteiger partial charge in [0.1, 0.15) is 5.82 Å². The molecule has 2 aromatic rings. The fraction of sp³-hybridized carbons (Fsp3) is 0.316. The Balaban J connectivity index is 1.98. The quantitative estimate of drug-likeness (QED) is 0.839. The van der Waals surface area contributed by atoms with Gasteiger partial charge in [0, 0.05) is 11.7 Å². The van der Waals surface area contributed by atoms with Crippen molar-refractivity contribution in [3.63, 3.8) is 0 Å². The Hall–Kier alpha value is -2.20. The number of amides is 1. The summed E-state index contributed by atoms with van der Waals surface area (Å²) in [6, 6.07) is 13.8. The highest BCUT2D eigenvalue weighted by molar-refractivity contribution is 5.94. The van der Waals surface area contributed by atoms with Gasteiger partial charge in [-0.2, -0.15) is 0 Å². The van der Waals surface area contributed by atoms with Gasteiger partial charge >= 0.3 is 0 Å². The van der Waals surface area contributed by atoms with Crippen molar-refractivity contribution in [2.75, 3.05) is 5.32 Å². The molecule has 23 heavy (non-hydrogen) atoms. The molecule has 0 heterocycles. The van der Waals surface area contributed by atoms with E-state index in [0.29, 0.717) is 5.69 Å². The molecule has 0 saturated heterocycles. The van der Waals surface area contributed by atoms with E-state index in [2.05, 4.69) is 48.7 Å². The van der Waals surface area contributed by atoms with E-state index in [0.717, 1.165) is 6.42 Å². The van der Waals surface area contributed by atoms with Crippen LogP contribution in [0.1, 0.15) is 37.4 Å². The van der Waals surface area contributed by atoms with Gasteiger partial charge in [0.25, 0.3) is 0 Å². The van der Waals surface area contributed by atoms with Crippen LogP contribution >= 0.6 is 0 Å². The number of carbonyl (C=O) groups is 1. The van der Waals surface area contributed by atoms with Crippen LogP contribution in [0.5, 0.6) is 0 Å². The topological polar surface area (TPSA) is 41.1 Å². The summed E-state index contributed by atoms with van der Waals surface area (Å²) in [6.07, 6.45) is 0.886. The van der Waals surface area contributed by atoms with Crippen LogP contribution in [-0.2, 0) is 4.79 Å². The van der Waals surface area contributed by atoms with Crippen molar-refractivity contribution in [2.45, 2.75) is 39.3 Å². The molecule has 0 bridgehead atoms. The van der Waals surface area contributed by atoms with E-state index in [1.54, 1.807) is 12.1 Å². The van der Waals surface area contributed by atoms with Gasteiger partial charge in [-0.3, -0.25) is 10.1 Å². The third-order valence-electron chi connectivity index (χ3n) is 3.84. The molecule has 1 amide bonds. The molecule has 0 spiro atoms. The second kappa shape index (κ2) is 7.88. The number of hydrogen-bond donors (Lipinski definition) is 2. The Morgan fingerprint density at radius 3 is 2.26 bits per heavy atom. The number of rotatable bonds is 6. The lowest BCUT2D eigenvalue weighted by molar-refractivity contribution is -0.118. The lowest BCUT2D eigenvalue weighted by Gasteiger charge is -2.22. The monoisotopic (exact) mass is 314 g/mol. The SMILES string of the molecule is CC[C@@H](N[C@H](C)C(=O)Nc1ccc(F)cc1)c1ccc(C)cc1. The molecule has 0 aliphatic heterocycles. The minimum absolute atomic E-state index is 0.115. The van der Waals surface area contributed by atoms with E-state index >= 15 is 0 Å². The summed E-state index contributed by atoms with van der Waals surface area (Å²) in [5.74, 6) is -0.457. The maximum atomic E-state index is 12.9. The van der Waals surface area contributed by atoms with Crippen LogP contribution in [0.15, 0.2) is 48.5 Å². The van der Waals surface area contributed by atoms with Crippen molar-refractivity contribution in [1.29, 1.82) is 0 Å². The van der Waals surface area contributed by atoms with Crippen molar-refractivity contribution in [2.24, 2.45) is 0 Å². The highest BCUT2D eigenvalue weighted by Crippen LogP contribution is 2.18. The summed E-state index contributed by atoms with van der Waals surface area (Å²) in [4.78, 5) is 12.3. The van der Waals surface area contributed by atoms with E-state index in [4.69, 9.17) is 0 Å². The molecule has 0 fully saturated rings. The summed E-state index contributed by atoms with van der Waals surface area (Å²) >= 11 is 0. The zero-order valence-corrected chi connectivity index (χ0v) is 13.8. The molecule has 2 atom stereocenters. The molecule has 4 heteroatoms. The van der Waals surface area contributed by atoms with Gasteiger partial charge in [0.05, 0.1) is 6.04 Å². The van der Waals surface area contributed by atoms with Crippen molar-refractivity contribution in [1.82, 2.24) is 5.32 Å². The molecule has 122 valence electrons. The number of nitrogens with one attached hydrogen (secondary N) is 2. The molecular formula is C19H23FN2O. The van der Waals surface area contributed by atoms with Gasteiger partial charge in [-0.25, -0.2) is 4.39 Å². The van der Waals surface area contributed by atoms with Crippen LogP contribution < -0.4 is 10.6 Å². The predicted octanol–water partition coefficient (Wildman–Crippen LogP) is 4.20. The molecule has 3 nitrogen and oxygen atoms in total. The highest BCUT2D eigenvalue weighted by Gasteiger charge is 2.18. The molecule has 0 aliphatic carbocycles. The highest BCUT2D eigenvalue weighted by atomic mass is 19.1. The van der Waals surface area contributed by atoms with Crippen LogP contribution in [-0.4, -0.2) is 11.9 Å². The number of aryl methyl sites for hydroxylation is 1. The zero-order valence-electron chi connectivity index (χ0n) is 13.8. The van der Waals surface area contributed by atoms with E-state index in [-0.39, 0.29) is 23.8 Å². The third kappa shape index (κ3) is 4.89. The second-order valence-electron chi connectivity index (χ2n) is 5.76. The average molecular weight is 314 g/mol. The normalized spacial score (nSPS) is 13.4. The maximum absolute atomic E-state index is 12.9. The van der Waals surface area contributed by atoms with Gasteiger partial charge in [0.15, 0.2) is 0 Å². The van der Waals surface area contributed by atoms with Crippen molar-refractivity contribution < 1.29 is 9.18 Å². The average Bonchev–Trinajstić information content (AvgIpc) is 2.55. The van der Waals surface area contributed by atoms with Crippen LogP contribution in [0.2, 0.25) is 0 Å². The maximum Gasteiger partial charge on any atom is 0.241 e. The lowest BCUT2D eigenvalue weighted by atomic mass is 10.0. The largest absolute Gasteiger partial charge is 0.325 e. The first-order chi connectivity index (χ1) is 11.0. The molecule has 2 aromatic carbocycles. The molecule has 0 unspecified atom stereocenters. The summed E-state index contributed by atoms with van der Waals surface area (Å²) in [5.41, 5.74) is 2.97. The first-order valence-electron chi connectivity index (χ1n) is 7.88. The number of anilines is 1. The molecule has 0 radical (unpaired) electrons. The smallest absolute Gasteiger partial charge is 0.241 e. The van der Waals surface area contributed by atoms with E-state index < -0.39 is 0 Å². The van der Waals surface area contributed by atoms with Gasteiger partial charge in [-0.1, -0.05) is 36.8 Å². The summed E-state index contributed by atoms with van der Waals surface area (Å²) < 4.78 is 12.9. The lowest BCUT2D eigenvalue weighted by Crippen LogP contribution is -2.40. The second-order valence-corrected chi connectivity index (χ2v) is 5.76. The number of carbonyl (C=O) groups excluding carboxylic acids is 1. The Morgan fingerprint density at radius 2 is 1.70 bits per heavy atom. The molecule has 0 aliphatic rings. The summed E-state index contributed by atoms with van der Waals surface area (Å²) in [5, 5.41) is 6.14. The van der Waals surface area contributed by atoms with Gasteiger partial charge in [-0.05, 0) is 50.1 Å². The molecule has 2 N–H and O–H groups in total. The van der Waals surface area contributed by atoms with E-state index in [1.807, 2.05) is 6.92 Å². The Morgan fingerprint density at radius 1 is 1.09 bits per heavy atom. The van der Waals surface area contributed by atoms with Gasteiger partial charge < -0.3 is 5.32 Å². The Kier molecular flexibility index (Phi) is 5.88. The van der Waals surface area contributed by atoms with Crippen molar-refractivity contribution >= 4 is 11.6 Å². The van der Waals surface area contributed by atoms with Crippen LogP contribution in [0.25, 0.3) is 0 Å². The van der Waals surface area contributed by atoms with Crippen LogP contribution in [0.3, 0.4) is 0 Å². The van der Waals surface area contributed by atoms with Crippen LogP contribution in [0.4, 0.5) is 10.1 Å². The third-order valence-corrected chi connectivity index (χ3v) is 3.84. The van der Waals surface area contributed by atoms with Crippen molar-refractivity contribution in [3.8, 4) is 0 Å². The molecular weight excluding hydrogens is 291 g/mol. The Labute approximate surface area is 136 Å². The zero-order chi connectivity index (χ0) is 16.8. The van der Waals surface area contributed by atoms with Gasteiger partial charge in [-0.15, -0.1) is 0 Å². The first kappa shape index (κ1) is 17.2. The molecule has 0 aromatic heterocycles. The van der Waals surface area contributed by atoms with E-state index in [9.17, 15) is 9.18 Å². The van der Waals surface area contributed by atoms with Gasteiger partial charge in [0.2, 0.25) is 5.91 Å². The van der Waals surface area contributed by atoms with Crippen LogP contribution in [0, 0.1) is 12.7 Å². The first-order valence-corrected chi connectivity index (χ1v) is 7.88. The summed E-state index contributed by atoms with van der Waals surface area (Å²) in [6.45, 7) is 5.97. The minimum atomic E-state index is -0.355. The number of hydrogen-bond acceptors (Lipinski definition) is 2. The fourth-order valence-electron chi connectivity index (χ4n) is 2.41. The molecule has 2 rings (SSSR count). The van der Waals surface area contributed by atoms with E-state index in [1.165, 1.54) is 23.3 Å². The number of benzene rings is 2. The fourth-order valence-corrected chi connectivity index (χ4v) is 2.41. The Bertz CT molecular complexity index is 637. The summed E-state index contributed by atoms with van der Waals surface area (Å²) in [7, 11) is 0. The standard InChI is InChI=1S/C19H23FN2O/c1-4-18(15-7-5-13(2)6-8-15)21-14(3)19(23)22-17-11-9-16(20)10-12-17/h5-12,14,18,21H,4H2,1-3H3,(H,22,23)/t14-,18-/m1/s1. The predicted molar refractivity (Wildman–Crippen MR) is 91.8 cm³/mol.